The Morgan fingerprint density at radius 2 is 1.71 bits per heavy atom. The van der Waals surface area contributed by atoms with Crippen LogP contribution in [0.2, 0.25) is 0 Å². The molecule has 0 aliphatic carbocycles. The number of hydrogen-bond donors (Lipinski definition) is 0. The Labute approximate surface area is 204 Å². The predicted molar refractivity (Wildman–Crippen MR) is 139 cm³/mol. The van der Waals surface area contributed by atoms with Gasteiger partial charge in [-0.25, -0.2) is 4.98 Å². The smallest absolute Gasteiger partial charge is 0.268 e. The minimum absolute atomic E-state index is 0.0344. The SMILES string of the molecule is CC1Oc2ccc(-c3csc(-c4ccccc4)n3)cc2N(Cc2ccc(C(C)(C)C)cc2)C1=O. The number of thiazole rings is 1. The molecule has 0 bridgehead atoms. The van der Waals surface area contributed by atoms with E-state index in [1.54, 1.807) is 18.3 Å². The van der Waals surface area contributed by atoms with Crippen molar-refractivity contribution in [2.24, 2.45) is 0 Å². The zero-order valence-electron chi connectivity index (χ0n) is 19.9. The van der Waals surface area contributed by atoms with Crippen LogP contribution in [0, 0.1) is 0 Å². The number of aromatic nitrogens is 1. The molecule has 34 heavy (non-hydrogen) atoms. The molecule has 1 unspecified atom stereocenters. The fourth-order valence-electron chi connectivity index (χ4n) is 4.14. The summed E-state index contributed by atoms with van der Waals surface area (Å²) in [7, 11) is 0. The highest BCUT2D eigenvalue weighted by molar-refractivity contribution is 7.13. The Balaban J connectivity index is 1.47. The Hall–Kier alpha value is -3.44. The first-order chi connectivity index (χ1) is 16.3. The van der Waals surface area contributed by atoms with E-state index < -0.39 is 6.10 Å². The van der Waals surface area contributed by atoms with E-state index in [2.05, 4.69) is 62.5 Å². The molecule has 4 nitrogen and oxygen atoms in total. The van der Waals surface area contributed by atoms with Crippen molar-refractivity contribution in [2.45, 2.75) is 45.8 Å². The molecule has 0 spiro atoms. The van der Waals surface area contributed by atoms with Gasteiger partial charge >= 0.3 is 0 Å². The lowest BCUT2D eigenvalue weighted by atomic mass is 9.86. The maximum Gasteiger partial charge on any atom is 0.268 e. The maximum atomic E-state index is 13.1. The lowest BCUT2D eigenvalue weighted by Crippen LogP contribution is -2.44. The van der Waals surface area contributed by atoms with Crippen LogP contribution in [0.1, 0.15) is 38.8 Å². The number of amides is 1. The van der Waals surface area contributed by atoms with Gasteiger partial charge in [-0.2, -0.15) is 0 Å². The Morgan fingerprint density at radius 1 is 0.971 bits per heavy atom. The summed E-state index contributed by atoms with van der Waals surface area (Å²) >= 11 is 1.62. The van der Waals surface area contributed by atoms with Crippen LogP contribution in [-0.4, -0.2) is 17.0 Å². The largest absolute Gasteiger partial charge is 0.479 e. The van der Waals surface area contributed by atoms with E-state index in [1.807, 2.05) is 41.3 Å². The molecule has 4 aromatic rings. The standard InChI is InChI=1S/C29H28N2O2S/c1-19-28(32)31(17-20-10-13-23(14-11-20)29(2,3)4)25-16-22(12-15-26(25)33-19)24-18-34-27(30-24)21-8-6-5-7-9-21/h5-16,18-19H,17H2,1-4H3. The lowest BCUT2D eigenvalue weighted by Gasteiger charge is -2.33. The number of anilines is 1. The van der Waals surface area contributed by atoms with Crippen LogP contribution in [0.4, 0.5) is 5.69 Å². The highest BCUT2D eigenvalue weighted by atomic mass is 32.1. The van der Waals surface area contributed by atoms with E-state index in [4.69, 9.17) is 9.72 Å². The quantitative estimate of drug-likeness (QED) is 0.321. The van der Waals surface area contributed by atoms with Gasteiger partial charge in [0, 0.05) is 16.5 Å². The van der Waals surface area contributed by atoms with Crippen molar-refractivity contribution >= 4 is 22.9 Å². The first kappa shape index (κ1) is 22.4. The van der Waals surface area contributed by atoms with E-state index in [0.717, 1.165) is 38.8 Å². The zero-order chi connectivity index (χ0) is 23.9. The highest BCUT2D eigenvalue weighted by Crippen LogP contribution is 2.39. The molecule has 1 aromatic heterocycles. The average molecular weight is 469 g/mol. The van der Waals surface area contributed by atoms with Crippen LogP contribution in [0.15, 0.2) is 78.2 Å². The van der Waals surface area contributed by atoms with Gasteiger partial charge < -0.3 is 9.64 Å². The molecule has 172 valence electrons. The van der Waals surface area contributed by atoms with Gasteiger partial charge in [0.15, 0.2) is 6.10 Å². The van der Waals surface area contributed by atoms with Gasteiger partial charge in [-0.05, 0) is 41.7 Å². The number of ether oxygens (including phenoxy) is 1. The van der Waals surface area contributed by atoms with Gasteiger partial charge in [0.05, 0.1) is 17.9 Å². The van der Waals surface area contributed by atoms with Crippen molar-refractivity contribution in [2.75, 3.05) is 4.90 Å². The number of fused-ring (bicyclic) bond motifs is 1. The van der Waals surface area contributed by atoms with Crippen molar-refractivity contribution in [3.8, 4) is 27.6 Å². The second-order valence-electron chi connectivity index (χ2n) is 9.72. The molecule has 0 saturated carbocycles. The van der Waals surface area contributed by atoms with Crippen LogP contribution >= 0.6 is 11.3 Å². The van der Waals surface area contributed by atoms with E-state index in [-0.39, 0.29) is 11.3 Å². The number of benzene rings is 3. The molecular formula is C29H28N2O2S. The first-order valence-electron chi connectivity index (χ1n) is 11.5. The van der Waals surface area contributed by atoms with Gasteiger partial charge in [0.25, 0.3) is 5.91 Å². The van der Waals surface area contributed by atoms with Crippen molar-refractivity contribution in [3.63, 3.8) is 0 Å². The molecule has 0 fully saturated rings. The third-order valence-corrected chi connectivity index (χ3v) is 7.04. The van der Waals surface area contributed by atoms with Crippen LogP contribution < -0.4 is 9.64 Å². The summed E-state index contributed by atoms with van der Waals surface area (Å²) < 4.78 is 5.93. The van der Waals surface area contributed by atoms with Crippen LogP contribution in [0.3, 0.4) is 0 Å². The van der Waals surface area contributed by atoms with Gasteiger partial charge in [-0.3, -0.25) is 4.79 Å². The summed E-state index contributed by atoms with van der Waals surface area (Å²) in [5.41, 5.74) is 6.21. The van der Waals surface area contributed by atoms with Gasteiger partial charge in [0.1, 0.15) is 10.8 Å². The summed E-state index contributed by atoms with van der Waals surface area (Å²) in [4.78, 5) is 19.8. The molecule has 0 radical (unpaired) electrons. The molecular weight excluding hydrogens is 440 g/mol. The first-order valence-corrected chi connectivity index (χ1v) is 12.4. The summed E-state index contributed by atoms with van der Waals surface area (Å²) in [6, 6.07) is 24.7. The fraction of sp³-hybridized carbons (Fsp3) is 0.241. The minimum Gasteiger partial charge on any atom is -0.479 e. The number of carbonyl (C=O) groups excluding carboxylic acids is 1. The number of hydrogen-bond acceptors (Lipinski definition) is 4. The zero-order valence-corrected chi connectivity index (χ0v) is 20.7. The molecule has 3 aromatic carbocycles. The van der Waals surface area contributed by atoms with Crippen molar-refractivity contribution < 1.29 is 9.53 Å². The molecule has 1 aliphatic heterocycles. The van der Waals surface area contributed by atoms with Gasteiger partial charge in [0.2, 0.25) is 0 Å². The Kier molecular flexibility index (Phi) is 5.74. The summed E-state index contributed by atoms with van der Waals surface area (Å²) in [5.74, 6) is 0.688. The fourth-order valence-corrected chi connectivity index (χ4v) is 4.98. The Bertz CT molecular complexity index is 1320. The molecule has 5 rings (SSSR count). The molecule has 0 N–H and O–H groups in total. The molecule has 1 amide bonds. The Morgan fingerprint density at radius 3 is 2.41 bits per heavy atom. The summed E-state index contributed by atoms with van der Waals surface area (Å²) in [5, 5.41) is 3.04. The van der Waals surface area contributed by atoms with Crippen LogP contribution in [0.5, 0.6) is 5.75 Å². The molecule has 2 heterocycles. The lowest BCUT2D eigenvalue weighted by molar-refractivity contribution is -0.125. The minimum atomic E-state index is -0.517. The number of carbonyl (C=O) groups is 1. The molecule has 1 aliphatic rings. The van der Waals surface area contributed by atoms with Crippen LogP contribution in [0.25, 0.3) is 21.8 Å². The second-order valence-corrected chi connectivity index (χ2v) is 10.6. The van der Waals surface area contributed by atoms with E-state index in [1.165, 1.54) is 5.56 Å². The monoisotopic (exact) mass is 468 g/mol. The predicted octanol–water partition coefficient (Wildman–Crippen LogP) is 7.09. The highest BCUT2D eigenvalue weighted by Gasteiger charge is 2.32. The van der Waals surface area contributed by atoms with Crippen molar-refractivity contribution in [1.29, 1.82) is 0 Å². The van der Waals surface area contributed by atoms with Crippen molar-refractivity contribution in [3.05, 3.63) is 89.3 Å². The summed E-state index contributed by atoms with van der Waals surface area (Å²) in [6.45, 7) is 8.92. The van der Waals surface area contributed by atoms with E-state index >= 15 is 0 Å². The third kappa shape index (κ3) is 4.36. The van der Waals surface area contributed by atoms with Gasteiger partial charge in [-0.15, -0.1) is 11.3 Å². The van der Waals surface area contributed by atoms with E-state index in [9.17, 15) is 4.79 Å². The van der Waals surface area contributed by atoms with Gasteiger partial charge in [-0.1, -0.05) is 75.4 Å². The maximum absolute atomic E-state index is 13.1. The normalized spacial score (nSPS) is 15.7. The van der Waals surface area contributed by atoms with Crippen LogP contribution in [-0.2, 0) is 16.8 Å². The van der Waals surface area contributed by atoms with Crippen molar-refractivity contribution in [1.82, 2.24) is 4.98 Å². The topological polar surface area (TPSA) is 42.4 Å². The molecule has 1 atom stereocenters. The summed E-state index contributed by atoms with van der Waals surface area (Å²) in [6.07, 6.45) is -0.517. The molecule has 0 saturated heterocycles. The third-order valence-electron chi connectivity index (χ3n) is 6.15. The average Bonchev–Trinajstić information content (AvgIpc) is 3.32. The van der Waals surface area contributed by atoms with E-state index in [0.29, 0.717) is 6.54 Å². The number of nitrogens with zero attached hydrogens (tertiary/aromatic N) is 2. The molecule has 5 heteroatoms. The number of rotatable bonds is 4. The second kappa shape index (κ2) is 8.73.